The van der Waals surface area contributed by atoms with Gasteiger partial charge in [0.05, 0.1) is 11.8 Å². The number of hydrogen-bond acceptors (Lipinski definition) is 6. The lowest BCUT2D eigenvalue weighted by Gasteiger charge is -2.37. The van der Waals surface area contributed by atoms with Gasteiger partial charge in [-0.1, -0.05) is 30.3 Å². The van der Waals surface area contributed by atoms with Gasteiger partial charge in [0.25, 0.3) is 0 Å². The van der Waals surface area contributed by atoms with Crippen molar-refractivity contribution in [3.05, 3.63) is 59.7 Å². The standard InChI is InChI=1S/C34H46N4O4/c1-42-19-5-16-37-22-26(30-8-2-3-9-32(30)37)23-38(27-10-11-27)33(39)31-21-35-15-12-29(31)25-6-4-7-28(20-25)36-17-13-24(14-18-36)34(40)41/h2-4,6-9,20,24,26-27,29,31,35H,5,10-19,21-23H2,1H3,(H,40,41)/t26?,29-,31+/m1/s1. The summed E-state index contributed by atoms with van der Waals surface area (Å²) in [6.07, 6.45) is 5.50. The molecular weight excluding hydrogens is 528 g/mol. The van der Waals surface area contributed by atoms with Crippen molar-refractivity contribution in [1.29, 1.82) is 0 Å². The number of fused-ring (bicyclic) bond motifs is 1. The molecule has 0 bridgehead atoms. The number of rotatable bonds is 11. The van der Waals surface area contributed by atoms with Gasteiger partial charge in [-0.15, -0.1) is 0 Å². The minimum Gasteiger partial charge on any atom is -0.481 e. The summed E-state index contributed by atoms with van der Waals surface area (Å²) in [4.78, 5) is 32.9. The Morgan fingerprint density at radius 2 is 1.86 bits per heavy atom. The lowest BCUT2D eigenvalue weighted by molar-refractivity contribution is -0.142. The second-order valence-electron chi connectivity index (χ2n) is 12.7. The number of nitrogens with zero attached hydrogens (tertiary/aromatic N) is 3. The largest absolute Gasteiger partial charge is 0.481 e. The second kappa shape index (κ2) is 13.0. The molecular formula is C34H46N4O4. The monoisotopic (exact) mass is 574 g/mol. The molecule has 1 unspecified atom stereocenters. The van der Waals surface area contributed by atoms with Crippen LogP contribution in [0.1, 0.15) is 61.5 Å². The maximum Gasteiger partial charge on any atom is 0.306 e. The number of benzene rings is 2. The van der Waals surface area contributed by atoms with Crippen LogP contribution in [-0.2, 0) is 14.3 Å². The van der Waals surface area contributed by atoms with Crippen LogP contribution in [-0.4, -0.2) is 87.5 Å². The number of carboxylic acid groups (broad SMARTS) is 1. The lowest BCUT2D eigenvalue weighted by atomic mass is 9.80. The molecule has 3 aliphatic heterocycles. The molecule has 2 aromatic rings. The van der Waals surface area contributed by atoms with E-state index in [1.807, 2.05) is 0 Å². The number of nitrogens with one attached hydrogen (secondary N) is 1. The molecule has 42 heavy (non-hydrogen) atoms. The molecule has 8 heteroatoms. The summed E-state index contributed by atoms with van der Waals surface area (Å²) < 4.78 is 5.31. The van der Waals surface area contributed by atoms with Crippen molar-refractivity contribution in [3.8, 4) is 0 Å². The minimum atomic E-state index is -0.681. The Balaban J connectivity index is 1.17. The molecule has 4 aliphatic rings. The zero-order chi connectivity index (χ0) is 29.1. The number of carboxylic acids is 1. The summed E-state index contributed by atoms with van der Waals surface area (Å²) >= 11 is 0. The highest BCUT2D eigenvalue weighted by atomic mass is 16.5. The van der Waals surface area contributed by atoms with Gasteiger partial charge in [-0.25, -0.2) is 0 Å². The minimum absolute atomic E-state index is 0.0817. The van der Waals surface area contributed by atoms with Gasteiger partial charge in [0.1, 0.15) is 0 Å². The molecule has 0 spiro atoms. The van der Waals surface area contributed by atoms with E-state index in [2.05, 4.69) is 68.5 Å². The van der Waals surface area contributed by atoms with E-state index < -0.39 is 5.97 Å². The van der Waals surface area contributed by atoms with Crippen molar-refractivity contribution < 1.29 is 19.4 Å². The molecule has 1 aliphatic carbocycles. The second-order valence-corrected chi connectivity index (χ2v) is 12.7. The lowest BCUT2D eigenvalue weighted by Crippen LogP contribution is -2.48. The van der Waals surface area contributed by atoms with Crippen molar-refractivity contribution in [3.63, 3.8) is 0 Å². The number of hydrogen-bond donors (Lipinski definition) is 2. The molecule has 8 nitrogen and oxygen atoms in total. The Morgan fingerprint density at radius 3 is 2.62 bits per heavy atom. The van der Waals surface area contributed by atoms with Crippen molar-refractivity contribution >= 4 is 23.3 Å². The van der Waals surface area contributed by atoms with Gasteiger partial charge >= 0.3 is 5.97 Å². The number of methoxy groups -OCH3 is 1. The van der Waals surface area contributed by atoms with Crippen LogP contribution in [0.2, 0.25) is 0 Å². The first kappa shape index (κ1) is 29.0. The number of ether oxygens (including phenoxy) is 1. The SMILES string of the molecule is COCCCN1CC(CN(C(=O)[C@H]2CNCC[C@@H]2c2cccc(N3CCC(C(=O)O)CC3)c2)C2CC2)c2ccccc21. The van der Waals surface area contributed by atoms with Gasteiger partial charge in [-0.3, -0.25) is 9.59 Å². The van der Waals surface area contributed by atoms with E-state index in [4.69, 9.17) is 4.74 Å². The molecule has 3 atom stereocenters. The summed E-state index contributed by atoms with van der Waals surface area (Å²) in [6.45, 7) is 6.61. The Morgan fingerprint density at radius 1 is 1.05 bits per heavy atom. The van der Waals surface area contributed by atoms with Crippen molar-refractivity contribution in [1.82, 2.24) is 10.2 Å². The van der Waals surface area contributed by atoms with Crippen molar-refractivity contribution in [2.24, 2.45) is 11.8 Å². The van der Waals surface area contributed by atoms with Crippen LogP contribution in [0, 0.1) is 11.8 Å². The number of amides is 1. The fraction of sp³-hybridized carbons (Fsp3) is 0.588. The highest BCUT2D eigenvalue weighted by Gasteiger charge is 2.42. The van der Waals surface area contributed by atoms with Gasteiger partial charge in [0.15, 0.2) is 0 Å². The molecule has 0 aromatic heterocycles. The first-order valence-corrected chi connectivity index (χ1v) is 15.9. The smallest absolute Gasteiger partial charge is 0.306 e. The van der Waals surface area contributed by atoms with E-state index in [0.717, 1.165) is 77.2 Å². The van der Waals surface area contributed by atoms with Crippen LogP contribution in [0.3, 0.4) is 0 Å². The molecule has 226 valence electrons. The van der Waals surface area contributed by atoms with E-state index in [-0.39, 0.29) is 17.8 Å². The summed E-state index contributed by atoms with van der Waals surface area (Å²) in [5.41, 5.74) is 5.06. The molecule has 2 N–H and O–H groups in total. The van der Waals surface area contributed by atoms with E-state index in [1.165, 1.54) is 16.8 Å². The van der Waals surface area contributed by atoms with Gasteiger partial charge in [-0.2, -0.15) is 0 Å². The normalized spacial score (nSPS) is 24.5. The summed E-state index contributed by atoms with van der Waals surface area (Å²) in [5, 5.41) is 12.9. The summed E-state index contributed by atoms with van der Waals surface area (Å²) in [7, 11) is 1.76. The predicted octanol–water partition coefficient (Wildman–Crippen LogP) is 4.31. The Labute approximate surface area is 250 Å². The van der Waals surface area contributed by atoms with Crippen LogP contribution in [0.4, 0.5) is 11.4 Å². The van der Waals surface area contributed by atoms with Gasteiger partial charge in [0, 0.05) is 76.3 Å². The fourth-order valence-electron chi connectivity index (χ4n) is 7.46. The van der Waals surface area contributed by atoms with Gasteiger partial charge < -0.3 is 29.9 Å². The number of carbonyl (C=O) groups excluding carboxylic acids is 1. The van der Waals surface area contributed by atoms with E-state index in [9.17, 15) is 14.7 Å². The molecule has 2 saturated heterocycles. The van der Waals surface area contributed by atoms with Crippen LogP contribution < -0.4 is 15.1 Å². The Hall–Kier alpha value is -3.10. The first-order valence-electron chi connectivity index (χ1n) is 15.9. The van der Waals surface area contributed by atoms with Crippen LogP contribution in [0.5, 0.6) is 0 Å². The van der Waals surface area contributed by atoms with Crippen LogP contribution in [0.25, 0.3) is 0 Å². The molecule has 0 radical (unpaired) electrons. The molecule has 3 fully saturated rings. The van der Waals surface area contributed by atoms with Gasteiger partial charge in [-0.05, 0) is 80.3 Å². The molecule has 1 amide bonds. The number of para-hydroxylation sites is 1. The average molecular weight is 575 g/mol. The third-order valence-corrected chi connectivity index (χ3v) is 9.93. The number of piperidine rings is 2. The number of aliphatic carboxylic acids is 1. The zero-order valence-corrected chi connectivity index (χ0v) is 24.9. The van der Waals surface area contributed by atoms with Crippen molar-refractivity contribution in [2.75, 3.05) is 69.3 Å². The maximum absolute atomic E-state index is 14.4. The third kappa shape index (κ3) is 6.30. The quantitative estimate of drug-likeness (QED) is 0.387. The molecule has 6 rings (SSSR count). The first-order chi connectivity index (χ1) is 20.5. The molecule has 1 saturated carbocycles. The fourth-order valence-corrected chi connectivity index (χ4v) is 7.46. The zero-order valence-electron chi connectivity index (χ0n) is 24.9. The predicted molar refractivity (Wildman–Crippen MR) is 165 cm³/mol. The van der Waals surface area contributed by atoms with Gasteiger partial charge in [0.2, 0.25) is 5.91 Å². The number of carbonyl (C=O) groups is 2. The highest BCUT2D eigenvalue weighted by Crippen LogP contribution is 2.41. The third-order valence-electron chi connectivity index (χ3n) is 9.93. The maximum atomic E-state index is 14.4. The molecule has 2 aromatic carbocycles. The molecule has 3 heterocycles. The van der Waals surface area contributed by atoms with Crippen LogP contribution >= 0.6 is 0 Å². The Kier molecular flexibility index (Phi) is 9.00. The summed E-state index contributed by atoms with van der Waals surface area (Å²) in [5.74, 6) is -0.203. The van der Waals surface area contributed by atoms with E-state index in [0.29, 0.717) is 37.3 Å². The van der Waals surface area contributed by atoms with E-state index >= 15 is 0 Å². The summed E-state index contributed by atoms with van der Waals surface area (Å²) in [6, 6.07) is 17.8. The number of anilines is 2. The highest BCUT2D eigenvalue weighted by molar-refractivity contribution is 5.81. The average Bonchev–Trinajstić information content (AvgIpc) is 3.82. The van der Waals surface area contributed by atoms with E-state index in [1.54, 1.807) is 7.11 Å². The Bertz CT molecular complexity index is 1240. The van der Waals surface area contributed by atoms with Crippen LogP contribution in [0.15, 0.2) is 48.5 Å². The van der Waals surface area contributed by atoms with Crippen molar-refractivity contribution in [2.45, 2.75) is 56.4 Å². The topological polar surface area (TPSA) is 85.4 Å².